The van der Waals surface area contributed by atoms with Gasteiger partial charge in [-0.25, -0.2) is 0 Å². The zero-order valence-corrected chi connectivity index (χ0v) is 15.4. The van der Waals surface area contributed by atoms with Gasteiger partial charge in [-0.3, -0.25) is 4.79 Å². The van der Waals surface area contributed by atoms with Crippen molar-refractivity contribution in [2.75, 3.05) is 7.11 Å². The summed E-state index contributed by atoms with van der Waals surface area (Å²) >= 11 is 0. The summed E-state index contributed by atoms with van der Waals surface area (Å²) in [4.78, 5) is 11.4. The molecule has 0 aliphatic heterocycles. The number of unbranched alkanes of at least 4 members (excludes halogenated alkanes) is 2. The van der Waals surface area contributed by atoms with E-state index in [4.69, 9.17) is 4.74 Å². The van der Waals surface area contributed by atoms with Crippen molar-refractivity contribution in [1.82, 2.24) is 5.32 Å². The standard InChI is InChI=1S/C22H29NO2/c1-3-4-5-7-18-10-12-19(13-11-18)16-23-17-21-9-6-8-20(14-21)15-22(24)25-2/h6,8-14,23H,3-5,7,15-17H2,1-2H3. The van der Waals surface area contributed by atoms with Gasteiger partial charge in [-0.1, -0.05) is 68.3 Å². The van der Waals surface area contributed by atoms with E-state index in [-0.39, 0.29) is 5.97 Å². The molecular formula is C22H29NO2. The molecule has 1 N–H and O–H groups in total. The molecule has 3 heteroatoms. The number of nitrogens with one attached hydrogen (secondary N) is 1. The molecule has 25 heavy (non-hydrogen) atoms. The minimum Gasteiger partial charge on any atom is -0.469 e. The highest BCUT2D eigenvalue weighted by molar-refractivity contribution is 5.72. The molecule has 0 spiro atoms. The van der Waals surface area contributed by atoms with Gasteiger partial charge in [-0.15, -0.1) is 0 Å². The van der Waals surface area contributed by atoms with Crippen LogP contribution in [0.3, 0.4) is 0 Å². The van der Waals surface area contributed by atoms with Gasteiger partial charge in [0.15, 0.2) is 0 Å². The van der Waals surface area contributed by atoms with Gasteiger partial charge in [-0.05, 0) is 35.1 Å². The number of rotatable bonds is 10. The number of carbonyl (C=O) groups is 1. The third kappa shape index (κ3) is 7.10. The van der Waals surface area contributed by atoms with Crippen molar-refractivity contribution < 1.29 is 9.53 Å². The van der Waals surface area contributed by atoms with Gasteiger partial charge in [-0.2, -0.15) is 0 Å². The summed E-state index contributed by atoms with van der Waals surface area (Å²) in [5, 5.41) is 3.47. The second kappa shape index (κ2) is 10.7. The second-order valence-corrected chi connectivity index (χ2v) is 6.45. The van der Waals surface area contributed by atoms with E-state index < -0.39 is 0 Å². The Morgan fingerprint density at radius 3 is 2.32 bits per heavy atom. The lowest BCUT2D eigenvalue weighted by Crippen LogP contribution is -2.13. The molecule has 0 saturated carbocycles. The molecule has 0 unspecified atom stereocenters. The number of hydrogen-bond donors (Lipinski definition) is 1. The molecule has 2 rings (SSSR count). The van der Waals surface area contributed by atoms with Crippen molar-refractivity contribution in [3.05, 3.63) is 70.8 Å². The summed E-state index contributed by atoms with van der Waals surface area (Å²) in [6.45, 7) is 3.86. The Morgan fingerprint density at radius 1 is 0.920 bits per heavy atom. The summed E-state index contributed by atoms with van der Waals surface area (Å²) in [5.74, 6) is -0.205. The van der Waals surface area contributed by atoms with Crippen LogP contribution >= 0.6 is 0 Å². The van der Waals surface area contributed by atoms with Gasteiger partial charge in [0.05, 0.1) is 13.5 Å². The minimum absolute atomic E-state index is 0.205. The SMILES string of the molecule is CCCCCc1ccc(CNCc2cccc(CC(=O)OC)c2)cc1. The predicted molar refractivity (Wildman–Crippen MR) is 102 cm³/mol. The van der Waals surface area contributed by atoms with Crippen molar-refractivity contribution in [2.45, 2.75) is 52.1 Å². The maximum Gasteiger partial charge on any atom is 0.309 e. The highest BCUT2D eigenvalue weighted by Crippen LogP contribution is 2.10. The highest BCUT2D eigenvalue weighted by atomic mass is 16.5. The van der Waals surface area contributed by atoms with E-state index in [0.717, 1.165) is 18.7 Å². The fourth-order valence-electron chi connectivity index (χ4n) is 2.84. The van der Waals surface area contributed by atoms with Gasteiger partial charge >= 0.3 is 5.97 Å². The molecule has 0 heterocycles. The van der Waals surface area contributed by atoms with Crippen LogP contribution in [0.5, 0.6) is 0 Å². The lowest BCUT2D eigenvalue weighted by atomic mass is 10.1. The number of carbonyl (C=O) groups excluding carboxylic acids is 1. The molecule has 2 aromatic carbocycles. The normalized spacial score (nSPS) is 10.6. The van der Waals surface area contributed by atoms with Crippen LogP contribution in [-0.2, 0) is 35.5 Å². The van der Waals surface area contributed by atoms with Gasteiger partial charge in [0.25, 0.3) is 0 Å². The Bertz CT molecular complexity index is 649. The Hall–Kier alpha value is -2.13. The molecule has 0 aliphatic rings. The Balaban J connectivity index is 1.78. The fraction of sp³-hybridized carbons (Fsp3) is 0.409. The van der Waals surface area contributed by atoms with E-state index in [1.807, 2.05) is 12.1 Å². The lowest BCUT2D eigenvalue weighted by Gasteiger charge is -2.08. The summed E-state index contributed by atoms with van der Waals surface area (Å²) in [7, 11) is 1.42. The first-order valence-corrected chi connectivity index (χ1v) is 9.14. The topological polar surface area (TPSA) is 38.3 Å². The molecular weight excluding hydrogens is 310 g/mol. The monoisotopic (exact) mass is 339 g/mol. The maximum absolute atomic E-state index is 11.4. The fourth-order valence-corrected chi connectivity index (χ4v) is 2.84. The number of methoxy groups -OCH3 is 1. The Kier molecular flexibility index (Phi) is 8.20. The lowest BCUT2D eigenvalue weighted by molar-refractivity contribution is -0.139. The summed E-state index contributed by atoms with van der Waals surface area (Å²) < 4.78 is 4.72. The van der Waals surface area contributed by atoms with Gasteiger partial charge in [0.2, 0.25) is 0 Å². The number of benzene rings is 2. The largest absolute Gasteiger partial charge is 0.469 e. The molecule has 0 aliphatic carbocycles. The maximum atomic E-state index is 11.4. The second-order valence-electron chi connectivity index (χ2n) is 6.45. The molecule has 134 valence electrons. The van der Waals surface area contributed by atoms with Crippen LogP contribution < -0.4 is 5.32 Å². The van der Waals surface area contributed by atoms with Crippen molar-refractivity contribution in [3.63, 3.8) is 0 Å². The van der Waals surface area contributed by atoms with Crippen LogP contribution in [0.2, 0.25) is 0 Å². The van der Waals surface area contributed by atoms with Gasteiger partial charge in [0, 0.05) is 13.1 Å². The molecule has 0 radical (unpaired) electrons. The average Bonchev–Trinajstić information content (AvgIpc) is 2.63. The average molecular weight is 339 g/mol. The third-order valence-electron chi connectivity index (χ3n) is 4.32. The zero-order valence-electron chi connectivity index (χ0n) is 15.4. The zero-order chi connectivity index (χ0) is 17.9. The number of esters is 1. The van der Waals surface area contributed by atoms with Gasteiger partial charge < -0.3 is 10.1 Å². The highest BCUT2D eigenvalue weighted by Gasteiger charge is 2.03. The molecule has 0 atom stereocenters. The molecule has 3 nitrogen and oxygen atoms in total. The first-order chi connectivity index (χ1) is 12.2. The van der Waals surface area contributed by atoms with Crippen molar-refractivity contribution >= 4 is 5.97 Å². The van der Waals surface area contributed by atoms with E-state index >= 15 is 0 Å². The predicted octanol–water partition coefficient (Wildman–Crippen LogP) is 4.42. The Labute approximate surface area is 151 Å². The first kappa shape index (κ1) is 19.2. The van der Waals surface area contributed by atoms with Crippen molar-refractivity contribution in [3.8, 4) is 0 Å². The number of hydrogen-bond acceptors (Lipinski definition) is 3. The Morgan fingerprint density at radius 2 is 1.60 bits per heavy atom. The molecule has 0 bridgehead atoms. The number of ether oxygens (including phenoxy) is 1. The van der Waals surface area contributed by atoms with Crippen LogP contribution in [0.1, 0.15) is 48.4 Å². The van der Waals surface area contributed by atoms with Crippen molar-refractivity contribution in [1.29, 1.82) is 0 Å². The van der Waals surface area contributed by atoms with E-state index in [1.165, 1.54) is 49.5 Å². The molecule has 2 aromatic rings. The molecule has 0 fully saturated rings. The molecule has 0 saturated heterocycles. The summed E-state index contributed by atoms with van der Waals surface area (Å²) in [6, 6.07) is 17.0. The smallest absolute Gasteiger partial charge is 0.309 e. The van der Waals surface area contributed by atoms with E-state index in [1.54, 1.807) is 0 Å². The van der Waals surface area contributed by atoms with E-state index in [2.05, 4.69) is 48.6 Å². The molecule has 0 aromatic heterocycles. The van der Waals surface area contributed by atoms with Crippen molar-refractivity contribution in [2.24, 2.45) is 0 Å². The third-order valence-corrected chi connectivity index (χ3v) is 4.32. The molecule has 0 amide bonds. The summed E-state index contributed by atoms with van der Waals surface area (Å²) in [6.07, 6.45) is 5.34. The summed E-state index contributed by atoms with van der Waals surface area (Å²) in [5.41, 5.74) is 4.89. The van der Waals surface area contributed by atoms with Gasteiger partial charge in [0.1, 0.15) is 0 Å². The quantitative estimate of drug-likeness (QED) is 0.514. The van der Waals surface area contributed by atoms with E-state index in [9.17, 15) is 4.79 Å². The van der Waals surface area contributed by atoms with Crippen LogP contribution in [0.25, 0.3) is 0 Å². The van der Waals surface area contributed by atoms with E-state index in [0.29, 0.717) is 6.42 Å². The van der Waals surface area contributed by atoms with Crippen LogP contribution in [0, 0.1) is 0 Å². The van der Waals surface area contributed by atoms with Crippen LogP contribution in [-0.4, -0.2) is 13.1 Å². The van der Waals surface area contributed by atoms with Crippen LogP contribution in [0.4, 0.5) is 0 Å². The minimum atomic E-state index is -0.205. The van der Waals surface area contributed by atoms with Crippen LogP contribution in [0.15, 0.2) is 48.5 Å². The first-order valence-electron chi connectivity index (χ1n) is 9.14. The number of aryl methyl sites for hydroxylation is 1.